The first kappa shape index (κ1) is 33.8. The zero-order valence-corrected chi connectivity index (χ0v) is 24.5. The molecule has 0 fully saturated rings. The molecule has 2 aromatic rings. The van der Waals surface area contributed by atoms with E-state index in [9.17, 15) is 18.8 Å². The average Bonchev–Trinajstić information content (AvgIpc) is 2.93. The molecule has 2 atom stereocenters. The minimum absolute atomic E-state index is 0.218. The van der Waals surface area contributed by atoms with E-state index in [1.165, 1.54) is 28.1 Å². The Hall–Kier alpha value is -3.20. The molecular weight excluding hydrogens is 517 g/mol. The van der Waals surface area contributed by atoms with Gasteiger partial charge in [-0.3, -0.25) is 14.4 Å². The summed E-state index contributed by atoms with van der Waals surface area (Å²) in [6.07, 6.45) is 4.29. The first-order chi connectivity index (χ1) is 18.7. The Morgan fingerprint density at radius 2 is 1.54 bits per heavy atom. The molecule has 0 bridgehead atoms. The van der Waals surface area contributed by atoms with Crippen LogP contribution in [0.4, 0.5) is 15.8 Å². The van der Waals surface area contributed by atoms with Gasteiger partial charge in [0.2, 0.25) is 11.8 Å². The van der Waals surface area contributed by atoms with Crippen LogP contribution in [0.2, 0.25) is 0 Å². The molecule has 0 saturated heterocycles. The van der Waals surface area contributed by atoms with Gasteiger partial charge in [0.1, 0.15) is 13.0 Å². The fourth-order valence-electron chi connectivity index (χ4n) is 3.83. The molecule has 9 heteroatoms. The van der Waals surface area contributed by atoms with E-state index in [0.29, 0.717) is 6.54 Å². The Morgan fingerprint density at radius 1 is 1.00 bits per heavy atom. The number of nitrogens with zero attached hydrogens (tertiary/aromatic N) is 1. The molecular formula is C30H42FN3O4S. The quantitative estimate of drug-likeness (QED) is 0.264. The molecule has 0 spiro atoms. The fraction of sp³-hybridized carbons (Fsp3) is 0.467. The molecule has 0 aromatic heterocycles. The minimum atomic E-state index is -1.19. The van der Waals surface area contributed by atoms with Gasteiger partial charge in [0.05, 0.1) is 23.8 Å². The Morgan fingerprint density at radius 3 is 2.03 bits per heavy atom. The smallest absolute Gasteiger partial charge is 0.223 e. The highest BCUT2D eigenvalue weighted by Gasteiger charge is 2.25. The van der Waals surface area contributed by atoms with Crippen LogP contribution in [0.5, 0.6) is 0 Å². The van der Waals surface area contributed by atoms with Gasteiger partial charge < -0.3 is 20.3 Å². The van der Waals surface area contributed by atoms with E-state index >= 15 is 0 Å². The van der Waals surface area contributed by atoms with Gasteiger partial charge in [0.15, 0.2) is 5.78 Å². The summed E-state index contributed by atoms with van der Waals surface area (Å²) < 4.78 is 12.5. The lowest BCUT2D eigenvalue weighted by Gasteiger charge is -2.29. The number of benzene rings is 2. The maximum Gasteiger partial charge on any atom is 0.223 e. The third-order valence-corrected chi connectivity index (χ3v) is 7.09. The van der Waals surface area contributed by atoms with Crippen molar-refractivity contribution in [1.82, 2.24) is 10.6 Å². The first-order valence-electron chi connectivity index (χ1n) is 13.4. The van der Waals surface area contributed by atoms with Crippen LogP contribution in [0.1, 0.15) is 59.8 Å². The van der Waals surface area contributed by atoms with Crippen molar-refractivity contribution in [3.8, 4) is 0 Å². The summed E-state index contributed by atoms with van der Waals surface area (Å²) in [5, 5.41) is 5.03. The van der Waals surface area contributed by atoms with Gasteiger partial charge in [0.25, 0.3) is 0 Å². The number of alkyl halides is 1. The second-order valence-electron chi connectivity index (χ2n) is 9.05. The van der Waals surface area contributed by atoms with Gasteiger partial charge in [-0.1, -0.05) is 69.1 Å². The van der Waals surface area contributed by atoms with Crippen LogP contribution in [-0.4, -0.2) is 50.2 Å². The summed E-state index contributed by atoms with van der Waals surface area (Å²) in [4.78, 5) is 48.7. The number of para-hydroxylation sites is 2. The van der Waals surface area contributed by atoms with E-state index in [4.69, 9.17) is 4.79 Å². The lowest BCUT2D eigenvalue weighted by atomic mass is 10.0. The van der Waals surface area contributed by atoms with Crippen LogP contribution in [0.25, 0.3) is 0 Å². The number of aldehydes is 1. The number of carbonyl (C=O) groups is 4. The van der Waals surface area contributed by atoms with Crippen molar-refractivity contribution in [3.63, 3.8) is 0 Å². The number of amides is 2. The number of rotatable bonds is 11. The summed E-state index contributed by atoms with van der Waals surface area (Å²) in [5.41, 5.74) is 2.59. The van der Waals surface area contributed by atoms with Crippen molar-refractivity contribution >= 4 is 47.0 Å². The topological polar surface area (TPSA) is 95.6 Å². The summed E-state index contributed by atoms with van der Waals surface area (Å²) in [6, 6.07) is 16.0. The number of fused-ring (bicyclic) bond motifs is 2. The number of Topliss-reactive ketones (excluding diaryl/α,β-unsaturated/α-hetero) is 1. The highest BCUT2D eigenvalue weighted by molar-refractivity contribution is 7.99. The SMILES string of the molecule is CC=O.CCCCCC(C)C(=O)NC(CC(=O)NCC)C(=O)CF.CN1c2ccccc2Sc2ccccc21. The molecule has 3 rings (SSSR count). The molecule has 0 radical (unpaired) electrons. The highest BCUT2D eigenvalue weighted by Crippen LogP contribution is 2.46. The molecule has 7 nitrogen and oxygen atoms in total. The maximum atomic E-state index is 12.5. The number of unbranched alkanes of at least 4 members (excludes halogenated alkanes) is 2. The zero-order chi connectivity index (χ0) is 29.2. The van der Waals surface area contributed by atoms with E-state index in [0.717, 1.165) is 32.0 Å². The van der Waals surface area contributed by atoms with Crippen molar-refractivity contribution in [3.05, 3.63) is 48.5 Å². The van der Waals surface area contributed by atoms with Gasteiger partial charge >= 0.3 is 0 Å². The van der Waals surface area contributed by atoms with Gasteiger partial charge in [-0.15, -0.1) is 0 Å². The summed E-state index contributed by atoms with van der Waals surface area (Å²) in [6.45, 7) is 6.28. The molecule has 2 N–H and O–H groups in total. The van der Waals surface area contributed by atoms with E-state index < -0.39 is 18.5 Å². The Bertz CT molecular complexity index is 1020. The van der Waals surface area contributed by atoms with E-state index in [2.05, 4.69) is 78.0 Å². The monoisotopic (exact) mass is 559 g/mol. The molecule has 2 unspecified atom stereocenters. The summed E-state index contributed by atoms with van der Waals surface area (Å²) in [7, 11) is 2.12. The van der Waals surface area contributed by atoms with Crippen LogP contribution < -0.4 is 15.5 Å². The largest absolute Gasteiger partial charge is 0.356 e. The number of hydrogen-bond donors (Lipinski definition) is 2. The van der Waals surface area contributed by atoms with Crippen LogP contribution in [0, 0.1) is 5.92 Å². The average molecular weight is 560 g/mol. The van der Waals surface area contributed by atoms with Gasteiger partial charge in [-0.25, -0.2) is 4.39 Å². The maximum absolute atomic E-state index is 12.5. The number of anilines is 2. The lowest BCUT2D eigenvalue weighted by Crippen LogP contribution is -2.46. The van der Waals surface area contributed by atoms with Gasteiger partial charge in [0, 0.05) is 29.3 Å². The second-order valence-corrected chi connectivity index (χ2v) is 10.1. The predicted octanol–water partition coefficient (Wildman–Crippen LogP) is 5.88. The van der Waals surface area contributed by atoms with E-state index in [1.54, 1.807) is 13.8 Å². The molecule has 1 aliphatic rings. The summed E-state index contributed by atoms with van der Waals surface area (Å²) in [5.74, 6) is -1.69. The van der Waals surface area contributed by atoms with E-state index in [-0.39, 0.29) is 24.2 Å². The molecule has 2 amide bonds. The van der Waals surface area contributed by atoms with Crippen molar-refractivity contribution in [1.29, 1.82) is 0 Å². The Balaban J connectivity index is 0.000000366. The Kier molecular flexibility index (Phi) is 16.4. The summed E-state index contributed by atoms with van der Waals surface area (Å²) >= 11 is 1.84. The molecule has 0 saturated carbocycles. The van der Waals surface area contributed by atoms with Gasteiger partial charge in [-0.2, -0.15) is 0 Å². The van der Waals surface area contributed by atoms with Crippen LogP contribution in [-0.2, 0) is 19.2 Å². The minimum Gasteiger partial charge on any atom is -0.356 e. The third kappa shape index (κ3) is 11.6. The number of nitrogens with one attached hydrogen (secondary N) is 2. The van der Waals surface area contributed by atoms with Crippen molar-refractivity contribution in [2.24, 2.45) is 5.92 Å². The van der Waals surface area contributed by atoms with Gasteiger partial charge in [-0.05, 0) is 44.5 Å². The molecule has 0 aliphatic carbocycles. The number of halogens is 1. The van der Waals surface area contributed by atoms with Crippen LogP contribution in [0.15, 0.2) is 58.3 Å². The molecule has 1 aliphatic heterocycles. The van der Waals surface area contributed by atoms with Crippen LogP contribution >= 0.6 is 11.8 Å². The Labute approximate surface area is 236 Å². The van der Waals surface area contributed by atoms with Crippen molar-refractivity contribution in [2.45, 2.75) is 75.6 Å². The fourth-order valence-corrected chi connectivity index (χ4v) is 4.98. The second kappa shape index (κ2) is 19.0. The highest BCUT2D eigenvalue weighted by atomic mass is 32.2. The third-order valence-electron chi connectivity index (χ3n) is 5.96. The standard InChI is InChI=1S/C15H27FN2O3.C13H11NS.C2H4O/c1-4-6-7-8-11(3)15(21)18-12(13(19)10-16)9-14(20)17-5-2;1-14-10-6-2-4-8-12(10)15-13-9-5-3-7-11(13)14;1-2-3/h11-12H,4-10H2,1-3H3,(H,17,20)(H,18,21);2-9H,1H3;2H,1H3. The lowest BCUT2D eigenvalue weighted by molar-refractivity contribution is -0.132. The number of hydrogen-bond acceptors (Lipinski definition) is 6. The number of carbonyl (C=O) groups excluding carboxylic acids is 4. The first-order valence-corrected chi connectivity index (χ1v) is 14.2. The molecule has 214 valence electrons. The predicted molar refractivity (Wildman–Crippen MR) is 156 cm³/mol. The van der Waals surface area contributed by atoms with Crippen LogP contribution in [0.3, 0.4) is 0 Å². The zero-order valence-electron chi connectivity index (χ0n) is 23.7. The normalized spacial score (nSPS) is 12.6. The van der Waals surface area contributed by atoms with Crippen molar-refractivity contribution < 1.29 is 23.6 Å². The molecule has 1 heterocycles. The number of ketones is 1. The van der Waals surface area contributed by atoms with E-state index in [1.807, 2.05) is 11.8 Å². The molecule has 2 aromatic carbocycles. The van der Waals surface area contributed by atoms with Crippen molar-refractivity contribution in [2.75, 3.05) is 25.2 Å². The molecule has 39 heavy (non-hydrogen) atoms.